The molecule has 0 unspecified atom stereocenters. The number of rotatable bonds is 4. The number of aliphatic hydroxyl groups excluding tert-OH is 4. The zero-order valence-corrected chi connectivity index (χ0v) is 14.1. The molecule has 0 aliphatic heterocycles. The normalized spacial score (nSPS) is 11.6. The first-order valence-electron chi connectivity index (χ1n) is 8.00. The Labute approximate surface area is 148 Å². The van der Waals surface area contributed by atoms with Gasteiger partial charge in [0.2, 0.25) is 0 Å². The number of phenols is 3. The lowest BCUT2D eigenvalue weighted by molar-refractivity contribution is 0.272. The van der Waals surface area contributed by atoms with Crippen molar-refractivity contribution in [2.24, 2.45) is 0 Å². The molecule has 0 fully saturated rings. The van der Waals surface area contributed by atoms with Gasteiger partial charge in [-0.25, -0.2) is 0 Å². The molecule has 7 N–H and O–H groups in total. The van der Waals surface area contributed by atoms with Gasteiger partial charge in [-0.1, -0.05) is 0 Å². The van der Waals surface area contributed by atoms with Crippen LogP contribution in [-0.2, 0) is 26.4 Å². The van der Waals surface area contributed by atoms with Crippen LogP contribution >= 0.6 is 0 Å². The number of hydrogen-bond donors (Lipinski definition) is 7. The number of aliphatic hydroxyl groups is 4. The molecule has 0 saturated heterocycles. The highest BCUT2D eigenvalue weighted by Gasteiger charge is 2.24. The fourth-order valence-electron chi connectivity index (χ4n) is 3.64. The Hall–Kier alpha value is -2.58. The minimum Gasteiger partial charge on any atom is -0.507 e. The molecule has 0 saturated carbocycles. The molecule has 3 rings (SSSR count). The topological polar surface area (TPSA) is 142 Å². The highest BCUT2D eigenvalue weighted by molar-refractivity contribution is 6.14. The highest BCUT2D eigenvalue weighted by atomic mass is 16.3. The summed E-state index contributed by atoms with van der Waals surface area (Å²) in [5, 5.41) is 70.9. The predicted molar refractivity (Wildman–Crippen MR) is 94.9 cm³/mol. The zero-order chi connectivity index (χ0) is 19.2. The molecule has 7 heteroatoms. The van der Waals surface area contributed by atoms with Crippen molar-refractivity contribution in [2.75, 3.05) is 0 Å². The van der Waals surface area contributed by atoms with Gasteiger partial charge in [-0.2, -0.15) is 0 Å². The van der Waals surface area contributed by atoms with Crippen molar-refractivity contribution in [3.8, 4) is 17.2 Å². The molecule has 0 spiro atoms. The van der Waals surface area contributed by atoms with Crippen LogP contribution in [0.5, 0.6) is 17.2 Å². The summed E-state index contributed by atoms with van der Waals surface area (Å²) in [4.78, 5) is 0. The Morgan fingerprint density at radius 3 is 1.19 bits per heavy atom. The Morgan fingerprint density at radius 2 is 0.885 bits per heavy atom. The van der Waals surface area contributed by atoms with Gasteiger partial charge < -0.3 is 35.7 Å². The molecule has 0 aliphatic rings. The zero-order valence-electron chi connectivity index (χ0n) is 14.1. The molecule has 0 amide bonds. The van der Waals surface area contributed by atoms with Crippen LogP contribution in [0.1, 0.15) is 27.8 Å². The smallest absolute Gasteiger partial charge is 0.138 e. The van der Waals surface area contributed by atoms with Crippen LogP contribution in [0.15, 0.2) is 12.1 Å². The number of benzene rings is 3. The van der Waals surface area contributed by atoms with Crippen molar-refractivity contribution in [2.45, 2.75) is 33.4 Å². The van der Waals surface area contributed by atoms with Gasteiger partial charge in [0.15, 0.2) is 0 Å². The van der Waals surface area contributed by atoms with Gasteiger partial charge in [-0.05, 0) is 46.5 Å². The second-order valence-electron chi connectivity index (χ2n) is 6.19. The number of aromatic hydroxyl groups is 3. The second kappa shape index (κ2) is 6.62. The maximum Gasteiger partial charge on any atom is 0.138 e. The Morgan fingerprint density at radius 1 is 0.538 bits per heavy atom. The van der Waals surface area contributed by atoms with E-state index in [9.17, 15) is 35.7 Å². The number of hydrogen-bond acceptors (Lipinski definition) is 7. The maximum atomic E-state index is 10.8. The molecule has 0 radical (unpaired) electrons. The molecule has 0 heterocycles. The van der Waals surface area contributed by atoms with E-state index < -0.39 is 32.2 Å². The summed E-state index contributed by atoms with van der Waals surface area (Å²) in [6, 6.07) is 2.88. The largest absolute Gasteiger partial charge is 0.507 e. The summed E-state index contributed by atoms with van der Waals surface area (Å²) in [5.74, 6) is -1.17. The number of aryl methyl sites for hydroxylation is 1. The van der Waals surface area contributed by atoms with E-state index in [1.807, 2.05) is 0 Å². The molecule has 3 aromatic carbocycles. The summed E-state index contributed by atoms with van der Waals surface area (Å²) in [6.07, 6.45) is 0. The van der Waals surface area contributed by atoms with Crippen LogP contribution in [0, 0.1) is 6.92 Å². The standard InChI is InChI=1S/C19H20O7/c1-8-13-9(4-20)2-11(6-22)17(24)15(13)19(26)16-14(8)10(5-21)3-12(7-23)18(16)25/h2-3,20-26H,4-7H2,1H3. The maximum absolute atomic E-state index is 10.8. The van der Waals surface area contributed by atoms with Gasteiger partial charge in [0.05, 0.1) is 37.2 Å². The van der Waals surface area contributed by atoms with Crippen molar-refractivity contribution in [1.82, 2.24) is 0 Å². The number of phenolic OH excluding ortho intramolecular Hbond substituents is 1. The van der Waals surface area contributed by atoms with Crippen molar-refractivity contribution in [3.63, 3.8) is 0 Å². The third kappa shape index (κ3) is 2.37. The lowest BCUT2D eigenvalue weighted by Gasteiger charge is -2.20. The van der Waals surface area contributed by atoms with E-state index in [0.717, 1.165) is 0 Å². The Balaban J connectivity index is 2.70. The van der Waals surface area contributed by atoms with E-state index in [1.165, 1.54) is 12.1 Å². The molecule has 26 heavy (non-hydrogen) atoms. The molecule has 0 aromatic heterocycles. The summed E-state index contributed by atoms with van der Waals surface area (Å²) in [6.45, 7) is -0.125. The molecule has 0 aliphatic carbocycles. The van der Waals surface area contributed by atoms with Crippen LogP contribution in [-0.4, -0.2) is 35.7 Å². The van der Waals surface area contributed by atoms with Crippen molar-refractivity contribution < 1.29 is 35.7 Å². The summed E-state index contributed by atoms with van der Waals surface area (Å²) in [7, 11) is 0. The average molecular weight is 360 g/mol. The van der Waals surface area contributed by atoms with Crippen LogP contribution in [0.3, 0.4) is 0 Å². The average Bonchev–Trinajstić information content (AvgIpc) is 2.65. The quantitative estimate of drug-likeness (QED) is 0.349. The summed E-state index contributed by atoms with van der Waals surface area (Å²) in [5.41, 5.74) is 1.53. The fourth-order valence-corrected chi connectivity index (χ4v) is 3.64. The van der Waals surface area contributed by atoms with Crippen molar-refractivity contribution in [3.05, 3.63) is 39.9 Å². The highest BCUT2D eigenvalue weighted by Crippen LogP contribution is 2.49. The Bertz CT molecular complexity index is 945. The van der Waals surface area contributed by atoms with E-state index in [1.54, 1.807) is 6.92 Å². The van der Waals surface area contributed by atoms with E-state index in [4.69, 9.17) is 0 Å². The van der Waals surface area contributed by atoms with Gasteiger partial charge in [0.25, 0.3) is 0 Å². The van der Waals surface area contributed by atoms with E-state index >= 15 is 0 Å². The van der Waals surface area contributed by atoms with Gasteiger partial charge in [0.1, 0.15) is 17.2 Å². The number of fused-ring (bicyclic) bond motifs is 2. The SMILES string of the molecule is Cc1c2c(CO)cc(CO)c(O)c2c(O)c2c(O)c(CO)cc(CO)c12. The molecule has 0 atom stereocenters. The van der Waals surface area contributed by atoms with E-state index in [-0.39, 0.29) is 33.4 Å². The first-order chi connectivity index (χ1) is 12.4. The van der Waals surface area contributed by atoms with Gasteiger partial charge in [-0.3, -0.25) is 0 Å². The van der Waals surface area contributed by atoms with Crippen molar-refractivity contribution in [1.29, 1.82) is 0 Å². The van der Waals surface area contributed by atoms with Crippen LogP contribution in [0.25, 0.3) is 21.5 Å². The van der Waals surface area contributed by atoms with Gasteiger partial charge in [0, 0.05) is 11.1 Å². The molecule has 7 nitrogen and oxygen atoms in total. The predicted octanol–water partition coefficient (Wildman–Crippen LogP) is 1.39. The lowest BCUT2D eigenvalue weighted by atomic mass is 9.88. The molecule has 138 valence electrons. The second-order valence-corrected chi connectivity index (χ2v) is 6.19. The molecular formula is C19H20O7. The van der Waals surface area contributed by atoms with E-state index in [0.29, 0.717) is 27.5 Å². The van der Waals surface area contributed by atoms with Gasteiger partial charge >= 0.3 is 0 Å². The summed E-state index contributed by atoms with van der Waals surface area (Å²) >= 11 is 0. The molecule has 3 aromatic rings. The van der Waals surface area contributed by atoms with Crippen molar-refractivity contribution >= 4 is 21.5 Å². The Kier molecular flexibility index (Phi) is 4.64. The monoisotopic (exact) mass is 360 g/mol. The van der Waals surface area contributed by atoms with Crippen LogP contribution in [0.2, 0.25) is 0 Å². The van der Waals surface area contributed by atoms with Crippen LogP contribution < -0.4 is 0 Å². The third-order valence-corrected chi connectivity index (χ3v) is 4.83. The minimum absolute atomic E-state index is 0.0140. The minimum atomic E-state index is -0.504. The van der Waals surface area contributed by atoms with E-state index in [2.05, 4.69) is 0 Å². The van der Waals surface area contributed by atoms with Crippen LogP contribution in [0.4, 0.5) is 0 Å². The molecular weight excluding hydrogens is 340 g/mol. The first-order valence-corrected chi connectivity index (χ1v) is 8.00. The first kappa shape index (κ1) is 18.2. The third-order valence-electron chi connectivity index (χ3n) is 4.83. The lowest BCUT2D eigenvalue weighted by Crippen LogP contribution is -2.00. The van der Waals surface area contributed by atoms with Gasteiger partial charge in [-0.15, -0.1) is 0 Å². The fraction of sp³-hybridized carbons (Fsp3) is 0.263. The molecule has 0 bridgehead atoms. The summed E-state index contributed by atoms with van der Waals surface area (Å²) < 4.78 is 0.